The summed E-state index contributed by atoms with van der Waals surface area (Å²) < 4.78 is 55.2. The van der Waals surface area contributed by atoms with Crippen molar-refractivity contribution in [3.05, 3.63) is 22.8 Å². The first-order valence-corrected chi connectivity index (χ1v) is 7.84. The Bertz CT molecular complexity index is 537. The van der Waals surface area contributed by atoms with Crippen LogP contribution in [0.25, 0.3) is 0 Å². The zero-order valence-corrected chi connectivity index (χ0v) is 13.7. The first-order valence-electron chi connectivity index (χ1n) is 7.46. The van der Waals surface area contributed by atoms with Crippen LogP contribution in [0.2, 0.25) is 0 Å². The van der Waals surface area contributed by atoms with E-state index in [0.717, 1.165) is 11.6 Å². The van der Waals surface area contributed by atoms with E-state index in [1.807, 2.05) is 6.08 Å². The van der Waals surface area contributed by atoms with Gasteiger partial charge in [-0.05, 0) is 17.8 Å². The quantitative estimate of drug-likeness (QED) is 0.397. The molecular weight excluding hydrogens is 336 g/mol. The van der Waals surface area contributed by atoms with E-state index in [1.54, 1.807) is 13.8 Å². The summed E-state index contributed by atoms with van der Waals surface area (Å²) in [5.74, 6) is -1.74. The molecule has 2 aliphatic carbocycles. The highest BCUT2D eigenvalue weighted by Crippen LogP contribution is 2.60. The molecular formula is C16H19ClF4O2. The molecule has 130 valence electrons. The molecule has 23 heavy (non-hydrogen) atoms. The molecule has 0 aromatic carbocycles. The van der Waals surface area contributed by atoms with Crippen LogP contribution in [0, 0.1) is 17.3 Å². The van der Waals surface area contributed by atoms with Crippen LogP contribution in [0.5, 0.6) is 0 Å². The standard InChI is InChI=1S/C16H19ClF4O2/c1-15(2)11(8-12(17)16(19,20)21)13(15)14(22)23-10-4-3-9(7-10)5-6-18/h3,8,10-11,13H,4-7H2,1-2H3/t10?,11-,13-/m0/s1. The summed E-state index contributed by atoms with van der Waals surface area (Å²) in [6.45, 7) is 2.97. The maximum Gasteiger partial charge on any atom is 0.426 e. The van der Waals surface area contributed by atoms with Crippen LogP contribution in [0.1, 0.15) is 33.1 Å². The van der Waals surface area contributed by atoms with Gasteiger partial charge < -0.3 is 4.74 Å². The second-order valence-corrected chi connectivity index (χ2v) is 7.04. The fraction of sp³-hybridized carbons (Fsp3) is 0.688. The van der Waals surface area contributed by atoms with Crippen LogP contribution >= 0.6 is 11.6 Å². The molecule has 1 unspecified atom stereocenters. The van der Waals surface area contributed by atoms with Crippen molar-refractivity contribution >= 4 is 17.6 Å². The highest BCUT2D eigenvalue weighted by molar-refractivity contribution is 6.30. The fourth-order valence-electron chi connectivity index (χ4n) is 3.10. The Morgan fingerprint density at radius 3 is 2.70 bits per heavy atom. The number of alkyl halides is 4. The molecule has 0 aromatic heterocycles. The minimum Gasteiger partial charge on any atom is -0.461 e. The van der Waals surface area contributed by atoms with Crippen LogP contribution in [0.15, 0.2) is 22.8 Å². The third-order valence-corrected chi connectivity index (χ3v) is 4.96. The lowest BCUT2D eigenvalue weighted by Crippen LogP contribution is -2.19. The molecule has 1 fully saturated rings. The molecule has 3 atom stereocenters. The number of rotatable bonds is 5. The number of allylic oxidation sites excluding steroid dienone is 2. The zero-order chi connectivity index (χ0) is 17.4. The lowest BCUT2D eigenvalue weighted by molar-refractivity contribution is -0.151. The molecule has 7 heteroatoms. The average Bonchev–Trinajstić information content (AvgIpc) is 2.76. The molecule has 2 aliphatic rings. The van der Waals surface area contributed by atoms with Gasteiger partial charge in [-0.15, -0.1) is 0 Å². The molecule has 0 radical (unpaired) electrons. The highest BCUT2D eigenvalue weighted by Gasteiger charge is 2.62. The Hall–Kier alpha value is -1.04. The van der Waals surface area contributed by atoms with Crippen LogP contribution < -0.4 is 0 Å². The summed E-state index contributed by atoms with van der Waals surface area (Å²) in [5, 5.41) is -1.21. The molecule has 2 nitrogen and oxygen atoms in total. The van der Waals surface area contributed by atoms with Crippen molar-refractivity contribution < 1.29 is 27.1 Å². The minimum atomic E-state index is -4.61. The number of carbonyl (C=O) groups is 1. The van der Waals surface area contributed by atoms with Crippen LogP contribution in [-0.4, -0.2) is 24.9 Å². The number of halogens is 5. The van der Waals surface area contributed by atoms with Crippen molar-refractivity contribution in [2.24, 2.45) is 17.3 Å². The first kappa shape index (κ1) is 18.3. The van der Waals surface area contributed by atoms with Crippen LogP contribution in [0.4, 0.5) is 17.6 Å². The molecule has 0 saturated heterocycles. The van der Waals surface area contributed by atoms with Gasteiger partial charge in [-0.25, -0.2) is 0 Å². The van der Waals surface area contributed by atoms with Gasteiger partial charge in [0, 0.05) is 12.8 Å². The van der Waals surface area contributed by atoms with Gasteiger partial charge in [0.15, 0.2) is 0 Å². The molecule has 0 aromatic rings. The van der Waals surface area contributed by atoms with Gasteiger partial charge in [0.05, 0.1) is 12.6 Å². The fourth-order valence-corrected chi connectivity index (χ4v) is 3.24. The van der Waals surface area contributed by atoms with E-state index < -0.39 is 41.1 Å². The van der Waals surface area contributed by atoms with E-state index >= 15 is 0 Å². The van der Waals surface area contributed by atoms with Gasteiger partial charge >= 0.3 is 12.1 Å². The van der Waals surface area contributed by atoms with Crippen molar-refractivity contribution in [2.75, 3.05) is 6.67 Å². The highest BCUT2D eigenvalue weighted by atomic mass is 35.5. The third-order valence-electron chi connectivity index (χ3n) is 4.62. The smallest absolute Gasteiger partial charge is 0.426 e. The number of esters is 1. The topological polar surface area (TPSA) is 26.3 Å². The normalized spacial score (nSPS) is 30.1. The summed E-state index contributed by atoms with van der Waals surface area (Å²) in [4.78, 5) is 12.2. The number of carbonyl (C=O) groups excluding carboxylic acids is 1. The lowest BCUT2D eigenvalue weighted by Gasteiger charge is -2.13. The van der Waals surface area contributed by atoms with Gasteiger partial charge in [-0.2, -0.15) is 13.2 Å². The average molecular weight is 355 g/mol. The SMILES string of the molecule is CC1(C)[C@H](C(=O)OC2CC=C(CCF)C2)[C@@H]1C=C(Cl)C(F)(F)F. The van der Waals surface area contributed by atoms with E-state index in [-0.39, 0.29) is 6.10 Å². The van der Waals surface area contributed by atoms with E-state index in [9.17, 15) is 22.4 Å². The predicted molar refractivity (Wildman–Crippen MR) is 78.5 cm³/mol. The Morgan fingerprint density at radius 2 is 2.13 bits per heavy atom. The minimum absolute atomic E-state index is 0.329. The Labute approximate surface area is 137 Å². The van der Waals surface area contributed by atoms with Gasteiger partial charge in [0.2, 0.25) is 0 Å². The first-order chi connectivity index (χ1) is 10.6. The van der Waals surface area contributed by atoms with Crippen molar-refractivity contribution in [1.29, 1.82) is 0 Å². The largest absolute Gasteiger partial charge is 0.461 e. The molecule has 0 N–H and O–H groups in total. The monoisotopic (exact) mass is 354 g/mol. The maximum absolute atomic E-state index is 12.5. The zero-order valence-electron chi connectivity index (χ0n) is 12.9. The summed E-state index contributed by atoms with van der Waals surface area (Å²) in [6.07, 6.45) is -0.850. The van der Waals surface area contributed by atoms with Crippen molar-refractivity contribution in [2.45, 2.75) is 45.4 Å². The molecule has 0 spiro atoms. The lowest BCUT2D eigenvalue weighted by atomic mass is 10.1. The van der Waals surface area contributed by atoms with E-state index in [1.165, 1.54) is 0 Å². The van der Waals surface area contributed by atoms with Crippen molar-refractivity contribution in [3.8, 4) is 0 Å². The second-order valence-electron chi connectivity index (χ2n) is 6.64. The van der Waals surface area contributed by atoms with Gasteiger partial charge in [-0.1, -0.05) is 43.2 Å². The summed E-state index contributed by atoms with van der Waals surface area (Å²) in [6, 6.07) is 0. The molecule has 0 heterocycles. The number of hydrogen-bond donors (Lipinski definition) is 0. The van der Waals surface area contributed by atoms with Gasteiger partial charge in [0.1, 0.15) is 11.1 Å². The van der Waals surface area contributed by atoms with Crippen molar-refractivity contribution in [3.63, 3.8) is 0 Å². The number of ether oxygens (including phenoxy) is 1. The Morgan fingerprint density at radius 1 is 1.48 bits per heavy atom. The van der Waals surface area contributed by atoms with Crippen LogP contribution in [-0.2, 0) is 9.53 Å². The van der Waals surface area contributed by atoms with E-state index in [4.69, 9.17) is 16.3 Å². The summed E-state index contributed by atoms with van der Waals surface area (Å²) in [5.41, 5.74) is 0.299. The van der Waals surface area contributed by atoms with Gasteiger partial charge in [0.25, 0.3) is 0 Å². The maximum atomic E-state index is 12.5. The Kier molecular flexibility index (Phi) is 5.14. The van der Waals surface area contributed by atoms with E-state index in [0.29, 0.717) is 19.3 Å². The van der Waals surface area contributed by atoms with Gasteiger partial charge in [-0.3, -0.25) is 9.18 Å². The molecule has 1 saturated carbocycles. The Balaban J connectivity index is 1.94. The van der Waals surface area contributed by atoms with Crippen molar-refractivity contribution in [1.82, 2.24) is 0 Å². The predicted octanol–water partition coefficient (Wildman–Crippen LogP) is 4.94. The molecule has 0 amide bonds. The van der Waals surface area contributed by atoms with E-state index in [2.05, 4.69) is 0 Å². The molecule has 2 rings (SSSR count). The number of hydrogen-bond acceptors (Lipinski definition) is 2. The third kappa shape index (κ3) is 4.08. The van der Waals surface area contributed by atoms with Crippen LogP contribution in [0.3, 0.4) is 0 Å². The summed E-state index contributed by atoms with van der Waals surface area (Å²) >= 11 is 5.25. The molecule has 0 aliphatic heterocycles. The summed E-state index contributed by atoms with van der Waals surface area (Å²) in [7, 11) is 0. The molecule has 0 bridgehead atoms. The second kappa shape index (κ2) is 6.46.